The van der Waals surface area contributed by atoms with Crippen LogP contribution in [0.4, 0.5) is 0 Å². The SMILES string of the molecule is CN1CCCC2CN(C(=O)CC3CCCCC3N)CCC21. The number of hydrogen-bond donors (Lipinski definition) is 1. The van der Waals surface area contributed by atoms with Crippen molar-refractivity contribution >= 4 is 5.91 Å². The highest BCUT2D eigenvalue weighted by molar-refractivity contribution is 5.76. The Hall–Kier alpha value is -0.610. The zero-order valence-corrected chi connectivity index (χ0v) is 13.5. The molecule has 4 nitrogen and oxygen atoms in total. The predicted molar refractivity (Wildman–Crippen MR) is 84.9 cm³/mol. The molecule has 3 aliphatic rings. The molecule has 2 aliphatic heterocycles. The highest BCUT2D eigenvalue weighted by Crippen LogP contribution is 2.31. The summed E-state index contributed by atoms with van der Waals surface area (Å²) in [6.45, 7) is 3.16. The van der Waals surface area contributed by atoms with Gasteiger partial charge in [-0.1, -0.05) is 12.8 Å². The van der Waals surface area contributed by atoms with Crippen LogP contribution in [0.15, 0.2) is 0 Å². The second-order valence-electron chi connectivity index (χ2n) is 7.49. The molecule has 0 radical (unpaired) electrons. The van der Waals surface area contributed by atoms with Gasteiger partial charge in [0, 0.05) is 31.6 Å². The Morgan fingerprint density at radius 2 is 1.90 bits per heavy atom. The molecule has 4 atom stereocenters. The van der Waals surface area contributed by atoms with E-state index in [1.54, 1.807) is 0 Å². The molecule has 3 fully saturated rings. The van der Waals surface area contributed by atoms with Crippen molar-refractivity contribution in [3.05, 3.63) is 0 Å². The van der Waals surface area contributed by atoms with Crippen molar-refractivity contribution in [3.63, 3.8) is 0 Å². The summed E-state index contributed by atoms with van der Waals surface area (Å²) < 4.78 is 0. The lowest BCUT2D eigenvalue weighted by molar-refractivity contribution is -0.136. The van der Waals surface area contributed by atoms with Crippen molar-refractivity contribution in [2.24, 2.45) is 17.6 Å². The van der Waals surface area contributed by atoms with Crippen LogP contribution in [0.2, 0.25) is 0 Å². The summed E-state index contributed by atoms with van der Waals surface area (Å²) in [6.07, 6.45) is 9.17. The largest absolute Gasteiger partial charge is 0.342 e. The lowest BCUT2D eigenvalue weighted by Gasteiger charge is -2.46. The van der Waals surface area contributed by atoms with Gasteiger partial charge < -0.3 is 15.5 Å². The Morgan fingerprint density at radius 3 is 2.71 bits per heavy atom. The number of rotatable bonds is 2. The van der Waals surface area contributed by atoms with Crippen molar-refractivity contribution in [1.82, 2.24) is 9.80 Å². The van der Waals surface area contributed by atoms with Gasteiger partial charge in [0.2, 0.25) is 5.91 Å². The third-order valence-corrected chi connectivity index (χ3v) is 6.10. The first kappa shape index (κ1) is 15.3. The second kappa shape index (κ2) is 6.66. The van der Waals surface area contributed by atoms with Gasteiger partial charge in [0.1, 0.15) is 0 Å². The molecular weight excluding hydrogens is 262 g/mol. The van der Waals surface area contributed by atoms with E-state index in [9.17, 15) is 4.79 Å². The summed E-state index contributed by atoms with van der Waals surface area (Å²) in [5.74, 6) is 1.49. The molecule has 2 N–H and O–H groups in total. The third kappa shape index (κ3) is 3.42. The first-order valence-electron chi connectivity index (χ1n) is 8.88. The Kier molecular flexibility index (Phi) is 4.85. The van der Waals surface area contributed by atoms with Crippen molar-refractivity contribution in [1.29, 1.82) is 0 Å². The van der Waals surface area contributed by atoms with Crippen molar-refractivity contribution < 1.29 is 4.79 Å². The fourth-order valence-electron chi connectivity index (χ4n) is 4.72. The second-order valence-corrected chi connectivity index (χ2v) is 7.49. The Balaban J connectivity index is 1.53. The van der Waals surface area contributed by atoms with Crippen LogP contribution in [0.5, 0.6) is 0 Å². The van der Waals surface area contributed by atoms with Crippen LogP contribution in [0.25, 0.3) is 0 Å². The lowest BCUT2D eigenvalue weighted by atomic mass is 9.81. The van der Waals surface area contributed by atoms with Crippen LogP contribution in [0.1, 0.15) is 51.4 Å². The van der Waals surface area contributed by atoms with Crippen LogP contribution >= 0.6 is 0 Å². The molecule has 4 heteroatoms. The van der Waals surface area contributed by atoms with E-state index in [1.165, 1.54) is 32.2 Å². The Bertz CT molecular complexity index is 373. The summed E-state index contributed by atoms with van der Waals surface area (Å²) in [5.41, 5.74) is 6.20. The fourth-order valence-corrected chi connectivity index (χ4v) is 4.72. The van der Waals surface area contributed by atoms with Crippen LogP contribution in [0.3, 0.4) is 0 Å². The highest BCUT2D eigenvalue weighted by atomic mass is 16.2. The first-order chi connectivity index (χ1) is 10.1. The number of carbonyl (C=O) groups is 1. The minimum absolute atomic E-state index is 0.251. The topological polar surface area (TPSA) is 49.6 Å². The summed E-state index contributed by atoms with van der Waals surface area (Å²) in [5, 5.41) is 0. The molecule has 2 heterocycles. The Morgan fingerprint density at radius 1 is 1.10 bits per heavy atom. The molecule has 3 rings (SSSR count). The molecular formula is C17H31N3O. The van der Waals surface area contributed by atoms with Gasteiger partial charge in [0.15, 0.2) is 0 Å². The van der Waals surface area contributed by atoms with Gasteiger partial charge in [-0.25, -0.2) is 0 Å². The van der Waals surface area contributed by atoms with Gasteiger partial charge >= 0.3 is 0 Å². The van der Waals surface area contributed by atoms with E-state index in [0.29, 0.717) is 30.2 Å². The van der Waals surface area contributed by atoms with E-state index < -0.39 is 0 Å². The maximum atomic E-state index is 12.6. The number of fused-ring (bicyclic) bond motifs is 1. The molecule has 0 aromatic heterocycles. The molecule has 1 saturated carbocycles. The monoisotopic (exact) mass is 293 g/mol. The molecule has 1 aliphatic carbocycles. The summed E-state index contributed by atoms with van der Waals surface area (Å²) in [6, 6.07) is 0.959. The molecule has 21 heavy (non-hydrogen) atoms. The van der Waals surface area contributed by atoms with E-state index in [-0.39, 0.29) is 6.04 Å². The minimum atomic E-state index is 0.251. The maximum absolute atomic E-state index is 12.6. The van der Waals surface area contributed by atoms with Crippen LogP contribution < -0.4 is 5.73 Å². The average molecular weight is 293 g/mol. The van der Waals surface area contributed by atoms with E-state index >= 15 is 0 Å². The minimum Gasteiger partial charge on any atom is -0.342 e. The molecule has 120 valence electrons. The number of carbonyl (C=O) groups excluding carboxylic acids is 1. The number of hydrogen-bond acceptors (Lipinski definition) is 3. The van der Waals surface area contributed by atoms with Crippen LogP contribution in [-0.4, -0.2) is 54.5 Å². The smallest absolute Gasteiger partial charge is 0.222 e. The first-order valence-corrected chi connectivity index (χ1v) is 8.88. The zero-order valence-electron chi connectivity index (χ0n) is 13.5. The van der Waals surface area contributed by atoms with E-state index in [0.717, 1.165) is 32.4 Å². The standard InChI is InChI=1S/C17H31N3O/c1-19-9-4-6-14-12-20(10-8-16(14)19)17(21)11-13-5-2-3-7-15(13)18/h13-16H,2-12,18H2,1H3. The van der Waals surface area contributed by atoms with Gasteiger partial charge in [-0.3, -0.25) is 4.79 Å². The molecule has 0 aromatic rings. The lowest BCUT2D eigenvalue weighted by Crippen LogP contribution is -2.54. The van der Waals surface area contributed by atoms with Gasteiger partial charge in [-0.05, 0) is 57.5 Å². The molecule has 1 amide bonds. The number of piperidine rings is 2. The molecule has 2 saturated heterocycles. The van der Waals surface area contributed by atoms with Crippen molar-refractivity contribution in [3.8, 4) is 0 Å². The van der Waals surface area contributed by atoms with E-state index in [1.807, 2.05) is 0 Å². The molecule has 0 aromatic carbocycles. The summed E-state index contributed by atoms with van der Waals surface area (Å²) >= 11 is 0. The van der Waals surface area contributed by atoms with Crippen molar-refractivity contribution in [2.45, 2.75) is 63.5 Å². The van der Waals surface area contributed by atoms with Gasteiger partial charge in [0.05, 0.1) is 0 Å². The summed E-state index contributed by atoms with van der Waals surface area (Å²) in [7, 11) is 2.25. The van der Waals surface area contributed by atoms with Gasteiger partial charge in [-0.2, -0.15) is 0 Å². The van der Waals surface area contributed by atoms with Crippen molar-refractivity contribution in [2.75, 3.05) is 26.7 Å². The fraction of sp³-hybridized carbons (Fsp3) is 0.941. The van der Waals surface area contributed by atoms with Gasteiger partial charge in [0.25, 0.3) is 0 Å². The number of nitrogens with zero attached hydrogens (tertiary/aromatic N) is 2. The zero-order chi connectivity index (χ0) is 14.8. The average Bonchev–Trinajstić information content (AvgIpc) is 2.49. The van der Waals surface area contributed by atoms with Crippen LogP contribution in [-0.2, 0) is 4.79 Å². The quantitative estimate of drug-likeness (QED) is 0.845. The maximum Gasteiger partial charge on any atom is 0.222 e. The third-order valence-electron chi connectivity index (χ3n) is 6.10. The molecule has 0 spiro atoms. The number of amides is 1. The predicted octanol–water partition coefficient (Wildman–Crippen LogP) is 1.84. The normalized spacial score (nSPS) is 38.1. The molecule has 0 bridgehead atoms. The number of likely N-dealkylation sites (tertiary alicyclic amines) is 2. The van der Waals surface area contributed by atoms with Gasteiger partial charge in [-0.15, -0.1) is 0 Å². The Labute approximate surface area is 129 Å². The summed E-state index contributed by atoms with van der Waals surface area (Å²) in [4.78, 5) is 17.3. The van der Waals surface area contributed by atoms with Crippen LogP contribution in [0, 0.1) is 11.8 Å². The van der Waals surface area contributed by atoms with E-state index in [4.69, 9.17) is 5.73 Å². The molecule has 4 unspecified atom stereocenters. The van der Waals surface area contributed by atoms with E-state index in [2.05, 4.69) is 16.8 Å². The highest BCUT2D eigenvalue weighted by Gasteiger charge is 2.36. The number of nitrogens with two attached hydrogens (primary N) is 1.